The zero-order valence-corrected chi connectivity index (χ0v) is 12.9. The van der Waals surface area contributed by atoms with E-state index in [9.17, 15) is 9.59 Å². The number of rotatable bonds is 5. The van der Waals surface area contributed by atoms with E-state index in [1.165, 1.54) is 7.11 Å². The number of ether oxygens (including phenoxy) is 2. The van der Waals surface area contributed by atoms with Gasteiger partial charge in [0.1, 0.15) is 5.76 Å². The summed E-state index contributed by atoms with van der Waals surface area (Å²) in [6, 6.07) is 0.108. The van der Waals surface area contributed by atoms with Crippen LogP contribution >= 0.6 is 0 Å². The Morgan fingerprint density at radius 3 is 1.89 bits per heavy atom. The van der Waals surface area contributed by atoms with Crippen molar-refractivity contribution in [2.75, 3.05) is 7.11 Å². The number of amides is 1. The molecule has 0 aliphatic heterocycles. The van der Waals surface area contributed by atoms with Crippen molar-refractivity contribution >= 4 is 12.1 Å². The van der Waals surface area contributed by atoms with E-state index in [0.29, 0.717) is 5.76 Å². The average Bonchev–Trinajstić information content (AvgIpc) is 2.25. The minimum Gasteiger partial charge on any atom is -0.469 e. The van der Waals surface area contributed by atoms with E-state index < -0.39 is 12.0 Å². The Balaban J connectivity index is 4.71. The van der Waals surface area contributed by atoms with Gasteiger partial charge in [-0.15, -0.1) is 0 Å². The molecule has 1 unspecified atom stereocenters. The molecular weight excluding hydrogens is 246 g/mol. The van der Waals surface area contributed by atoms with Crippen LogP contribution in [0.4, 0.5) is 4.79 Å². The number of nitrogens with zero attached hydrogens (tertiary/aromatic N) is 1. The number of hydrogen-bond acceptors (Lipinski definition) is 4. The fourth-order valence-corrected chi connectivity index (χ4v) is 1.85. The smallest absolute Gasteiger partial charge is 0.415 e. The van der Waals surface area contributed by atoms with Gasteiger partial charge in [-0.3, -0.25) is 4.79 Å². The fraction of sp³-hybridized carbons (Fsp3) is 0.714. The largest absolute Gasteiger partial charge is 0.469 e. The molecule has 1 atom stereocenters. The van der Waals surface area contributed by atoms with Crippen LogP contribution < -0.4 is 0 Å². The lowest BCUT2D eigenvalue weighted by Gasteiger charge is -2.29. The van der Waals surface area contributed by atoms with Gasteiger partial charge in [0, 0.05) is 12.1 Å². The van der Waals surface area contributed by atoms with Gasteiger partial charge in [-0.2, -0.15) is 0 Å². The van der Waals surface area contributed by atoms with Crippen LogP contribution in [0, 0.1) is 5.92 Å². The average molecular weight is 271 g/mol. The molecule has 0 N–H and O–H groups in total. The zero-order chi connectivity index (χ0) is 15.2. The molecule has 0 bridgehead atoms. The Bertz CT molecular complexity index is 339. The molecule has 0 aromatic heterocycles. The van der Waals surface area contributed by atoms with Gasteiger partial charge in [0.15, 0.2) is 0 Å². The minimum absolute atomic E-state index is 0.0540. The van der Waals surface area contributed by atoms with E-state index in [1.807, 2.05) is 27.7 Å². The molecule has 0 rings (SSSR count). The summed E-state index contributed by atoms with van der Waals surface area (Å²) in [6.07, 6.45) is 1.17. The number of carbonyl (C=O) groups excluding carboxylic acids is 2. The first-order valence-electron chi connectivity index (χ1n) is 6.47. The molecule has 0 aromatic rings. The summed E-state index contributed by atoms with van der Waals surface area (Å²) >= 11 is 0. The Labute approximate surface area is 115 Å². The maximum absolute atomic E-state index is 12.0. The Morgan fingerprint density at radius 1 is 1.05 bits per heavy atom. The molecule has 0 fully saturated rings. The minimum atomic E-state index is -0.440. The number of allylic oxidation sites excluding steroid dienone is 1. The van der Waals surface area contributed by atoms with Crippen LogP contribution in [-0.2, 0) is 14.3 Å². The molecule has 0 aliphatic carbocycles. The van der Waals surface area contributed by atoms with E-state index in [1.54, 1.807) is 24.8 Å². The monoisotopic (exact) mass is 271 g/mol. The second-order valence-electron chi connectivity index (χ2n) is 5.05. The predicted molar refractivity (Wildman–Crippen MR) is 73.5 cm³/mol. The van der Waals surface area contributed by atoms with Crippen molar-refractivity contribution in [1.82, 2.24) is 4.90 Å². The fourth-order valence-electron chi connectivity index (χ4n) is 1.85. The quantitative estimate of drug-likeness (QED) is 0.570. The highest BCUT2D eigenvalue weighted by Gasteiger charge is 2.22. The van der Waals surface area contributed by atoms with Gasteiger partial charge in [-0.1, -0.05) is 0 Å². The summed E-state index contributed by atoms with van der Waals surface area (Å²) < 4.78 is 9.85. The second kappa shape index (κ2) is 7.81. The Hall–Kier alpha value is -1.52. The number of methoxy groups -OCH3 is 1. The van der Waals surface area contributed by atoms with Crippen LogP contribution in [0.1, 0.15) is 41.5 Å². The third kappa shape index (κ3) is 5.77. The highest BCUT2D eigenvalue weighted by molar-refractivity contribution is 5.74. The van der Waals surface area contributed by atoms with Crippen LogP contribution in [0.3, 0.4) is 0 Å². The lowest BCUT2D eigenvalue weighted by atomic mass is 10.1. The van der Waals surface area contributed by atoms with E-state index in [0.717, 1.165) is 0 Å². The molecule has 5 nitrogen and oxygen atoms in total. The van der Waals surface area contributed by atoms with Crippen molar-refractivity contribution in [2.24, 2.45) is 5.92 Å². The van der Waals surface area contributed by atoms with Crippen molar-refractivity contribution in [3.63, 3.8) is 0 Å². The molecule has 0 aliphatic rings. The van der Waals surface area contributed by atoms with E-state index in [-0.39, 0.29) is 18.1 Å². The molecule has 0 aromatic carbocycles. The van der Waals surface area contributed by atoms with Crippen molar-refractivity contribution in [3.05, 3.63) is 11.8 Å². The van der Waals surface area contributed by atoms with Crippen LogP contribution in [-0.4, -0.2) is 36.2 Å². The third-order valence-electron chi connectivity index (χ3n) is 2.63. The van der Waals surface area contributed by atoms with Gasteiger partial charge in [0.2, 0.25) is 0 Å². The highest BCUT2D eigenvalue weighted by atomic mass is 16.6. The highest BCUT2D eigenvalue weighted by Crippen LogP contribution is 2.12. The van der Waals surface area contributed by atoms with E-state index in [2.05, 4.69) is 4.74 Å². The Morgan fingerprint density at radius 2 is 1.53 bits per heavy atom. The summed E-state index contributed by atoms with van der Waals surface area (Å²) in [4.78, 5) is 24.9. The van der Waals surface area contributed by atoms with Crippen LogP contribution in [0.25, 0.3) is 0 Å². The molecule has 0 radical (unpaired) electrons. The van der Waals surface area contributed by atoms with Crippen molar-refractivity contribution < 1.29 is 19.1 Å². The topological polar surface area (TPSA) is 55.8 Å². The third-order valence-corrected chi connectivity index (χ3v) is 2.63. The van der Waals surface area contributed by atoms with Crippen LogP contribution in [0.5, 0.6) is 0 Å². The number of esters is 1. The summed E-state index contributed by atoms with van der Waals surface area (Å²) in [7, 11) is 1.33. The molecular formula is C14H25NO4. The van der Waals surface area contributed by atoms with Crippen molar-refractivity contribution in [1.29, 1.82) is 0 Å². The number of hydrogen-bond donors (Lipinski definition) is 0. The normalized spacial score (nSPS) is 13.4. The first kappa shape index (κ1) is 17.5. The van der Waals surface area contributed by atoms with Crippen LogP contribution in [0.15, 0.2) is 11.8 Å². The molecule has 110 valence electrons. The molecule has 19 heavy (non-hydrogen) atoms. The lowest BCUT2D eigenvalue weighted by molar-refractivity contribution is -0.143. The SMILES string of the molecule is COC(=O)C(C)C=C(C)OC(=O)N(C(C)C)C(C)C. The molecule has 0 saturated carbocycles. The van der Waals surface area contributed by atoms with Gasteiger partial charge in [-0.25, -0.2) is 4.79 Å². The summed E-state index contributed by atoms with van der Waals surface area (Å²) in [6.45, 7) is 11.0. The van der Waals surface area contributed by atoms with Gasteiger partial charge in [0.05, 0.1) is 13.0 Å². The van der Waals surface area contributed by atoms with Gasteiger partial charge < -0.3 is 14.4 Å². The predicted octanol–water partition coefficient (Wildman–Crippen LogP) is 2.95. The van der Waals surface area contributed by atoms with Gasteiger partial charge in [-0.05, 0) is 47.6 Å². The maximum atomic E-state index is 12.0. The Kier molecular flexibility index (Phi) is 7.19. The summed E-state index contributed by atoms with van der Waals surface area (Å²) in [5.41, 5.74) is 0. The zero-order valence-electron chi connectivity index (χ0n) is 12.9. The molecule has 0 spiro atoms. The van der Waals surface area contributed by atoms with E-state index >= 15 is 0 Å². The molecule has 5 heteroatoms. The second-order valence-corrected chi connectivity index (χ2v) is 5.05. The van der Waals surface area contributed by atoms with Gasteiger partial charge in [0.25, 0.3) is 0 Å². The van der Waals surface area contributed by atoms with Crippen LogP contribution in [0.2, 0.25) is 0 Å². The van der Waals surface area contributed by atoms with E-state index in [4.69, 9.17) is 4.74 Å². The summed E-state index contributed by atoms with van der Waals surface area (Å²) in [5.74, 6) is -0.404. The first-order chi connectivity index (χ1) is 8.70. The maximum Gasteiger partial charge on any atom is 0.415 e. The molecule has 0 heterocycles. The van der Waals surface area contributed by atoms with Gasteiger partial charge >= 0.3 is 12.1 Å². The lowest BCUT2D eigenvalue weighted by Crippen LogP contribution is -2.42. The molecule has 1 amide bonds. The number of carbonyl (C=O) groups is 2. The summed E-state index contributed by atoms with van der Waals surface area (Å²) in [5, 5.41) is 0. The standard InChI is InChI=1S/C14H25NO4/c1-9(2)15(10(3)4)14(17)19-12(6)8-11(5)13(16)18-7/h8-11H,1-7H3. The van der Waals surface area contributed by atoms with Crippen molar-refractivity contribution in [2.45, 2.75) is 53.6 Å². The molecule has 0 saturated heterocycles. The first-order valence-corrected chi connectivity index (χ1v) is 6.47. The van der Waals surface area contributed by atoms with Crippen molar-refractivity contribution in [3.8, 4) is 0 Å².